The number of hydrogen-bond donors (Lipinski definition) is 3. The van der Waals surface area contributed by atoms with Crippen molar-refractivity contribution in [3.8, 4) is 0 Å². The van der Waals surface area contributed by atoms with Crippen LogP contribution in [0.2, 0.25) is 0 Å². The minimum absolute atomic E-state index is 0.270. The number of pyridine rings is 1. The number of anilines is 1. The topological polar surface area (TPSA) is 160 Å². The molecule has 0 spiro atoms. The normalized spacial score (nSPS) is 16.7. The molecule has 0 aromatic carbocycles. The fraction of sp³-hybridized carbons (Fsp3) is 0.714. The second-order valence-corrected chi connectivity index (χ2v) is 13.6. The Morgan fingerprint density at radius 2 is 1.78 bits per heavy atom. The third-order valence-corrected chi connectivity index (χ3v) is 9.22. The second-order valence-electron chi connectivity index (χ2n) is 11.4. The molecule has 1 aliphatic rings. The van der Waals surface area contributed by atoms with Crippen molar-refractivity contribution in [3.05, 3.63) is 18.6 Å². The maximum absolute atomic E-state index is 14.4. The highest BCUT2D eigenvalue weighted by molar-refractivity contribution is 7.59. The predicted octanol–water partition coefficient (Wildman–Crippen LogP) is 4.53. The van der Waals surface area contributed by atoms with Crippen LogP contribution in [0, 0.1) is 0 Å². The van der Waals surface area contributed by atoms with Gasteiger partial charge in [-0.25, -0.2) is 20.1 Å². The fourth-order valence-electron chi connectivity index (χ4n) is 4.45. The van der Waals surface area contributed by atoms with Gasteiger partial charge in [0.2, 0.25) is 7.44 Å². The van der Waals surface area contributed by atoms with Crippen molar-refractivity contribution in [1.29, 1.82) is 0 Å². The van der Waals surface area contributed by atoms with Crippen LogP contribution < -0.4 is 15.9 Å². The average molecular weight is 595 g/mol. The molecular weight excluding hydrogens is 547 g/mol. The van der Waals surface area contributed by atoms with E-state index in [0.29, 0.717) is 42.8 Å². The molecule has 1 aliphatic carbocycles. The Hall–Kier alpha value is -2.53. The molecule has 0 saturated heterocycles. The van der Waals surface area contributed by atoms with Gasteiger partial charge in [-0.1, -0.05) is 39.5 Å². The lowest BCUT2D eigenvalue weighted by Crippen LogP contribution is -2.51. The summed E-state index contributed by atoms with van der Waals surface area (Å²) in [5.74, 6) is -0.957. The van der Waals surface area contributed by atoms with Crippen LogP contribution in [-0.4, -0.2) is 63.2 Å². The second kappa shape index (κ2) is 14.6. The summed E-state index contributed by atoms with van der Waals surface area (Å²) in [5, 5.41) is 6.03. The lowest BCUT2D eigenvalue weighted by atomic mass is 10.1. The summed E-state index contributed by atoms with van der Waals surface area (Å²) in [6.07, 6.45) is 8.99. The van der Waals surface area contributed by atoms with Crippen molar-refractivity contribution in [2.24, 2.45) is 0 Å². The largest absolute Gasteiger partial charge is 0.464 e. The molecule has 1 saturated carbocycles. The molecular formula is C28H47N6O6P. The Morgan fingerprint density at radius 1 is 1.12 bits per heavy atom. The van der Waals surface area contributed by atoms with E-state index in [9.17, 15) is 14.2 Å². The number of hydrogen-bond acceptors (Lipinski definition) is 9. The zero-order valence-corrected chi connectivity index (χ0v) is 26.0. The first-order chi connectivity index (χ1) is 19.5. The Bertz CT molecular complexity index is 1180. The van der Waals surface area contributed by atoms with Crippen LogP contribution in [0.4, 0.5) is 5.69 Å². The van der Waals surface area contributed by atoms with E-state index in [2.05, 4.69) is 34.0 Å². The number of carbonyl (C=O) groups is 2. The van der Waals surface area contributed by atoms with E-state index >= 15 is 0 Å². The Balaban J connectivity index is 1.71. The van der Waals surface area contributed by atoms with E-state index in [4.69, 9.17) is 19.9 Å². The molecule has 0 amide bonds. The molecule has 13 heteroatoms. The molecule has 0 aliphatic heterocycles. The van der Waals surface area contributed by atoms with Crippen molar-refractivity contribution in [2.45, 2.75) is 110 Å². The summed E-state index contributed by atoms with van der Waals surface area (Å²) in [6.45, 7) is 10.2. The summed E-state index contributed by atoms with van der Waals surface area (Å²) >= 11 is 0. The van der Waals surface area contributed by atoms with Crippen LogP contribution in [0.25, 0.3) is 11.2 Å². The number of esters is 2. The first-order valence-corrected chi connectivity index (χ1v) is 16.5. The van der Waals surface area contributed by atoms with Crippen molar-refractivity contribution < 1.29 is 28.4 Å². The Morgan fingerprint density at radius 3 is 2.41 bits per heavy atom. The number of aromatic nitrogens is 3. The van der Waals surface area contributed by atoms with Gasteiger partial charge in [-0.05, 0) is 52.5 Å². The highest BCUT2D eigenvalue weighted by Gasteiger charge is 2.56. The van der Waals surface area contributed by atoms with E-state index in [0.717, 1.165) is 38.5 Å². The van der Waals surface area contributed by atoms with E-state index in [-0.39, 0.29) is 13.0 Å². The zero-order chi connectivity index (χ0) is 30.1. The fourth-order valence-corrected chi connectivity index (χ4v) is 7.10. The van der Waals surface area contributed by atoms with E-state index in [1.165, 1.54) is 0 Å². The number of nitrogen functional groups attached to an aromatic ring is 1. The number of carbonyl (C=O) groups excluding carboxylic acids is 2. The summed E-state index contributed by atoms with van der Waals surface area (Å²) < 4.78 is 33.2. The van der Waals surface area contributed by atoms with E-state index < -0.39 is 36.6 Å². The first-order valence-electron chi connectivity index (χ1n) is 14.6. The quantitative estimate of drug-likeness (QED) is 0.119. The number of unbranched alkanes of at least 4 members (excludes halogenated alkanes) is 4. The van der Waals surface area contributed by atoms with Gasteiger partial charge in [0.15, 0.2) is 5.65 Å². The summed E-state index contributed by atoms with van der Waals surface area (Å²) in [5.41, 5.74) is 5.37. The molecule has 230 valence electrons. The molecule has 0 bridgehead atoms. The van der Waals surface area contributed by atoms with Crippen LogP contribution >= 0.6 is 7.44 Å². The summed E-state index contributed by atoms with van der Waals surface area (Å²) in [6, 6.07) is 1.69. The highest BCUT2D eigenvalue weighted by atomic mass is 31.2. The maximum atomic E-state index is 14.4. The molecule has 4 N–H and O–H groups in total. The van der Waals surface area contributed by atoms with Crippen LogP contribution in [-0.2, 0) is 34.9 Å². The lowest BCUT2D eigenvalue weighted by molar-refractivity contribution is -0.149. The summed E-state index contributed by atoms with van der Waals surface area (Å²) in [4.78, 5) is 34.6. The van der Waals surface area contributed by atoms with Gasteiger partial charge in [0, 0.05) is 6.20 Å². The van der Waals surface area contributed by atoms with Gasteiger partial charge in [0.1, 0.15) is 22.9 Å². The van der Waals surface area contributed by atoms with Crippen molar-refractivity contribution >= 4 is 36.2 Å². The molecule has 12 nitrogen and oxygen atoms in total. The number of nitrogens with two attached hydrogens (primary N) is 1. The Labute approximate surface area is 242 Å². The lowest BCUT2D eigenvalue weighted by Gasteiger charge is -2.33. The zero-order valence-electron chi connectivity index (χ0n) is 25.1. The smallest absolute Gasteiger partial charge is 0.326 e. The number of fused-ring (bicyclic) bond motifs is 1. The standard InChI is InChI=1S/C28H47N6O6P/c1-6-8-10-16-38-25(35)27(4,5)32-41(37,33-28(13-14-28)26(36)39-17-11-9-7-2)20-40-21(3)18-34-19-31-23-22(29)12-15-30-24(23)34/h12,15,19,21H,6-11,13-14,16-18,20H2,1-5H3,(H2,29,30)(H2,32,33,37)/t21-,41?/m1/s1. The number of ether oxygens (including phenoxy) is 3. The van der Waals surface area contributed by atoms with Crippen molar-refractivity contribution in [1.82, 2.24) is 24.7 Å². The molecule has 0 radical (unpaired) electrons. The van der Waals surface area contributed by atoms with E-state index in [1.54, 1.807) is 32.4 Å². The number of nitrogens with zero attached hydrogens (tertiary/aromatic N) is 3. The molecule has 2 aromatic heterocycles. The third-order valence-electron chi connectivity index (χ3n) is 7.00. The number of nitrogens with one attached hydrogen (secondary N) is 2. The number of rotatable bonds is 19. The van der Waals surface area contributed by atoms with Gasteiger partial charge in [0.25, 0.3) is 0 Å². The van der Waals surface area contributed by atoms with Gasteiger partial charge >= 0.3 is 11.9 Å². The van der Waals surface area contributed by atoms with Crippen molar-refractivity contribution in [3.63, 3.8) is 0 Å². The van der Waals surface area contributed by atoms with Crippen LogP contribution in [0.5, 0.6) is 0 Å². The predicted molar refractivity (Wildman–Crippen MR) is 158 cm³/mol. The van der Waals surface area contributed by atoms with Gasteiger partial charge in [-0.3, -0.25) is 14.2 Å². The maximum Gasteiger partial charge on any atom is 0.326 e. The van der Waals surface area contributed by atoms with Crippen LogP contribution in [0.3, 0.4) is 0 Å². The molecule has 2 atom stereocenters. The van der Waals surface area contributed by atoms with Gasteiger partial charge in [-0.2, -0.15) is 0 Å². The molecule has 2 aromatic rings. The van der Waals surface area contributed by atoms with Gasteiger partial charge in [-0.15, -0.1) is 0 Å². The van der Waals surface area contributed by atoms with Crippen LogP contribution in [0.1, 0.15) is 86.0 Å². The molecule has 3 rings (SSSR count). The van der Waals surface area contributed by atoms with Gasteiger partial charge < -0.3 is 24.5 Å². The van der Waals surface area contributed by atoms with Crippen LogP contribution in [0.15, 0.2) is 18.6 Å². The highest BCUT2D eigenvalue weighted by Crippen LogP contribution is 2.49. The van der Waals surface area contributed by atoms with E-state index in [1.807, 2.05) is 11.5 Å². The molecule has 1 fully saturated rings. The Kier molecular flexibility index (Phi) is 11.7. The SMILES string of the molecule is CCCCCOC(=O)C(C)(C)NP(=O)(CO[C@H](C)Cn1cnc2c(N)ccnc21)NC1(C(=O)OCCCCC)CC1. The first kappa shape index (κ1) is 33.0. The summed E-state index contributed by atoms with van der Waals surface area (Å²) in [7, 11) is -3.68. The van der Waals surface area contributed by atoms with Gasteiger partial charge in [0.05, 0.1) is 37.9 Å². The number of imidazole rings is 1. The molecule has 2 heterocycles. The third kappa shape index (κ3) is 9.23. The minimum Gasteiger partial charge on any atom is -0.464 e. The monoisotopic (exact) mass is 594 g/mol. The molecule has 1 unspecified atom stereocenters. The van der Waals surface area contributed by atoms with Crippen molar-refractivity contribution in [2.75, 3.05) is 25.3 Å². The minimum atomic E-state index is -3.68. The average Bonchev–Trinajstić information content (AvgIpc) is 3.58. The molecule has 41 heavy (non-hydrogen) atoms.